The minimum Gasteiger partial charge on any atom is -0.508 e. The average molecular weight is 352 g/mol. The number of rotatable bonds is 3. The first-order chi connectivity index (χ1) is 12.1. The molecule has 0 saturated carbocycles. The van der Waals surface area contributed by atoms with Gasteiger partial charge in [0, 0.05) is 40.0 Å². The highest BCUT2D eigenvalue weighted by molar-refractivity contribution is 8.00. The van der Waals surface area contributed by atoms with Gasteiger partial charge in [-0.2, -0.15) is 0 Å². The zero-order chi connectivity index (χ0) is 17.6. The fourth-order valence-electron chi connectivity index (χ4n) is 3.52. The van der Waals surface area contributed by atoms with Crippen molar-refractivity contribution in [2.24, 2.45) is 0 Å². The van der Waals surface area contributed by atoms with Crippen LogP contribution in [0.15, 0.2) is 47.4 Å². The summed E-state index contributed by atoms with van der Waals surface area (Å²) in [5.41, 5.74) is 4.11. The number of para-hydroxylation sites is 1. The maximum Gasteiger partial charge on any atom is 0.240 e. The zero-order valence-corrected chi connectivity index (χ0v) is 15.1. The molecule has 1 aliphatic rings. The van der Waals surface area contributed by atoms with Crippen LogP contribution in [0.3, 0.4) is 0 Å². The zero-order valence-electron chi connectivity index (χ0n) is 14.2. The van der Waals surface area contributed by atoms with E-state index < -0.39 is 0 Å². The molecule has 1 amide bonds. The molecular weight excluding hydrogens is 332 g/mol. The van der Waals surface area contributed by atoms with Gasteiger partial charge in [-0.05, 0) is 38.1 Å². The smallest absolute Gasteiger partial charge is 0.240 e. The molecule has 0 radical (unpaired) electrons. The Bertz CT molecular complexity index is 959. The molecule has 128 valence electrons. The number of carbonyl (C=O) groups is 1. The first kappa shape index (κ1) is 16.1. The number of nitrogens with one attached hydrogen (secondary N) is 1. The lowest BCUT2D eigenvalue weighted by molar-refractivity contribution is -0.130. The number of aromatic amines is 1. The van der Waals surface area contributed by atoms with Gasteiger partial charge in [-0.1, -0.05) is 18.2 Å². The second-order valence-electron chi connectivity index (χ2n) is 6.15. The van der Waals surface area contributed by atoms with Crippen molar-refractivity contribution >= 4 is 28.6 Å². The van der Waals surface area contributed by atoms with Crippen LogP contribution in [0.5, 0.6) is 5.75 Å². The normalized spacial score (nSPS) is 15.7. The molecule has 0 spiro atoms. The number of aromatic nitrogens is 1. The highest BCUT2D eigenvalue weighted by atomic mass is 32.2. The molecule has 2 N–H and O–H groups in total. The fourth-order valence-corrected chi connectivity index (χ4v) is 4.88. The SMILES string of the molecule is CCN(CC)C(=O)C1Sc2cc(O)ccc2-c2[nH]c3ccccc3c21. The minimum atomic E-state index is -0.305. The predicted molar refractivity (Wildman–Crippen MR) is 102 cm³/mol. The number of benzene rings is 2. The third kappa shape index (κ3) is 2.50. The molecule has 0 aliphatic carbocycles. The molecule has 4 rings (SSSR count). The van der Waals surface area contributed by atoms with Crippen molar-refractivity contribution in [1.82, 2.24) is 9.88 Å². The van der Waals surface area contributed by atoms with E-state index in [9.17, 15) is 9.90 Å². The van der Waals surface area contributed by atoms with E-state index in [4.69, 9.17) is 0 Å². The quantitative estimate of drug-likeness (QED) is 0.727. The van der Waals surface area contributed by atoms with Crippen molar-refractivity contribution in [2.75, 3.05) is 13.1 Å². The molecular formula is C20H20N2O2S. The van der Waals surface area contributed by atoms with Gasteiger partial charge in [0.05, 0.1) is 5.69 Å². The summed E-state index contributed by atoms with van der Waals surface area (Å²) in [6.45, 7) is 5.39. The van der Waals surface area contributed by atoms with Gasteiger partial charge in [-0.25, -0.2) is 0 Å². The summed E-state index contributed by atoms with van der Waals surface area (Å²) in [4.78, 5) is 19.5. The molecule has 2 aromatic carbocycles. The summed E-state index contributed by atoms with van der Waals surface area (Å²) < 4.78 is 0. The average Bonchev–Trinajstić information content (AvgIpc) is 3.01. The van der Waals surface area contributed by atoms with Gasteiger partial charge in [0.1, 0.15) is 11.0 Å². The van der Waals surface area contributed by atoms with E-state index in [2.05, 4.69) is 11.1 Å². The Morgan fingerprint density at radius 2 is 1.96 bits per heavy atom. The Kier molecular flexibility index (Phi) is 3.96. The van der Waals surface area contributed by atoms with Gasteiger partial charge in [0.2, 0.25) is 5.91 Å². The molecule has 0 fully saturated rings. The van der Waals surface area contributed by atoms with Crippen molar-refractivity contribution in [3.05, 3.63) is 48.0 Å². The Hall–Kier alpha value is -2.40. The van der Waals surface area contributed by atoms with E-state index in [1.165, 1.54) is 11.8 Å². The molecule has 5 heteroatoms. The van der Waals surface area contributed by atoms with E-state index in [1.54, 1.807) is 12.1 Å². The third-order valence-electron chi connectivity index (χ3n) is 4.79. The maximum absolute atomic E-state index is 13.2. The Balaban J connectivity index is 1.95. The molecule has 1 aliphatic heterocycles. The number of H-pyrrole nitrogens is 1. The predicted octanol–water partition coefficient (Wildman–Crippen LogP) is 4.56. The lowest BCUT2D eigenvalue weighted by Gasteiger charge is -2.29. The molecule has 3 aromatic rings. The van der Waals surface area contributed by atoms with Crippen molar-refractivity contribution in [2.45, 2.75) is 24.0 Å². The minimum absolute atomic E-state index is 0.120. The number of carbonyl (C=O) groups excluding carboxylic acids is 1. The van der Waals surface area contributed by atoms with Gasteiger partial charge < -0.3 is 15.0 Å². The number of hydrogen-bond acceptors (Lipinski definition) is 3. The molecule has 4 nitrogen and oxygen atoms in total. The van der Waals surface area contributed by atoms with Gasteiger partial charge in [0.25, 0.3) is 0 Å². The van der Waals surface area contributed by atoms with Crippen molar-refractivity contribution in [3.63, 3.8) is 0 Å². The lowest BCUT2D eigenvalue weighted by Crippen LogP contribution is -2.34. The van der Waals surface area contributed by atoms with Crippen molar-refractivity contribution in [3.8, 4) is 17.0 Å². The molecule has 25 heavy (non-hydrogen) atoms. The number of likely N-dealkylation sites (N-methyl/N-ethyl adjacent to an activating group) is 1. The number of thioether (sulfide) groups is 1. The lowest BCUT2D eigenvalue weighted by atomic mass is 10.0. The van der Waals surface area contributed by atoms with Crippen LogP contribution < -0.4 is 0 Å². The topological polar surface area (TPSA) is 56.3 Å². The molecule has 1 unspecified atom stereocenters. The summed E-state index contributed by atoms with van der Waals surface area (Å²) in [5.74, 6) is 0.342. The fraction of sp³-hybridized carbons (Fsp3) is 0.250. The van der Waals surface area contributed by atoms with E-state index in [0.717, 1.165) is 32.6 Å². The van der Waals surface area contributed by atoms with Gasteiger partial charge in [0.15, 0.2) is 0 Å². The molecule has 0 bridgehead atoms. The monoisotopic (exact) mass is 352 g/mol. The molecule has 1 atom stereocenters. The van der Waals surface area contributed by atoms with E-state index in [0.29, 0.717) is 13.1 Å². The number of phenols is 1. The first-order valence-electron chi connectivity index (χ1n) is 8.53. The number of phenolic OH excluding ortho intramolecular Hbond substituents is 1. The van der Waals surface area contributed by atoms with Crippen LogP contribution in [0.25, 0.3) is 22.2 Å². The summed E-state index contributed by atoms with van der Waals surface area (Å²) >= 11 is 1.53. The van der Waals surface area contributed by atoms with Crippen molar-refractivity contribution in [1.29, 1.82) is 0 Å². The highest BCUT2D eigenvalue weighted by Crippen LogP contribution is 2.52. The number of hydrogen-bond donors (Lipinski definition) is 2. The number of amides is 1. The van der Waals surface area contributed by atoms with E-state index >= 15 is 0 Å². The number of aromatic hydroxyl groups is 1. The summed E-state index contributed by atoms with van der Waals surface area (Å²) in [7, 11) is 0. The Labute approximate surface area is 150 Å². The molecule has 0 saturated heterocycles. The largest absolute Gasteiger partial charge is 0.508 e. The molecule has 2 heterocycles. The van der Waals surface area contributed by atoms with Gasteiger partial charge >= 0.3 is 0 Å². The van der Waals surface area contributed by atoms with Crippen LogP contribution in [0.1, 0.15) is 24.7 Å². The van der Waals surface area contributed by atoms with Gasteiger partial charge in [-0.3, -0.25) is 4.79 Å². The highest BCUT2D eigenvalue weighted by Gasteiger charge is 2.35. The number of fused-ring (bicyclic) bond motifs is 5. The summed E-state index contributed by atoms with van der Waals surface area (Å²) in [6.07, 6.45) is 0. The van der Waals surface area contributed by atoms with Crippen LogP contribution in [-0.2, 0) is 4.79 Å². The Morgan fingerprint density at radius 3 is 2.72 bits per heavy atom. The third-order valence-corrected chi connectivity index (χ3v) is 6.05. The van der Waals surface area contributed by atoms with E-state index in [1.807, 2.05) is 43.0 Å². The van der Waals surface area contributed by atoms with Crippen LogP contribution in [0.4, 0.5) is 0 Å². The summed E-state index contributed by atoms with van der Waals surface area (Å²) in [5, 5.41) is 10.7. The van der Waals surface area contributed by atoms with Crippen LogP contribution in [0.2, 0.25) is 0 Å². The first-order valence-corrected chi connectivity index (χ1v) is 9.41. The van der Waals surface area contributed by atoms with Gasteiger partial charge in [-0.15, -0.1) is 11.8 Å². The van der Waals surface area contributed by atoms with Crippen molar-refractivity contribution < 1.29 is 9.90 Å². The second-order valence-corrected chi connectivity index (χ2v) is 7.30. The van der Waals surface area contributed by atoms with Crippen LogP contribution >= 0.6 is 11.8 Å². The summed E-state index contributed by atoms with van der Waals surface area (Å²) in [6, 6.07) is 13.5. The van der Waals surface area contributed by atoms with Crippen LogP contribution in [0, 0.1) is 0 Å². The standard InChI is InChI=1S/C20H20N2O2S/c1-3-22(4-2)20(24)19-17-13-7-5-6-8-15(13)21-18(17)14-10-9-12(23)11-16(14)25-19/h5-11,19,21,23H,3-4H2,1-2H3. The maximum atomic E-state index is 13.2. The second kappa shape index (κ2) is 6.15. The van der Waals surface area contributed by atoms with E-state index in [-0.39, 0.29) is 16.9 Å². The van der Waals surface area contributed by atoms with Crippen LogP contribution in [-0.4, -0.2) is 34.0 Å². The Morgan fingerprint density at radius 1 is 1.20 bits per heavy atom. The number of nitrogens with zero attached hydrogens (tertiary/aromatic N) is 1. The molecule has 1 aromatic heterocycles.